The number of nitrogens with zero attached hydrogens (tertiary/aromatic N) is 1. The number of fused-ring (bicyclic) bond motifs is 2. The molecule has 0 fully saturated rings. The van der Waals surface area contributed by atoms with Crippen molar-refractivity contribution in [2.75, 3.05) is 6.61 Å². The van der Waals surface area contributed by atoms with Crippen molar-refractivity contribution in [1.29, 1.82) is 0 Å². The highest BCUT2D eigenvalue weighted by molar-refractivity contribution is 6.30. The molecule has 1 aliphatic rings. The van der Waals surface area contributed by atoms with E-state index in [9.17, 15) is 9.59 Å². The van der Waals surface area contributed by atoms with Gasteiger partial charge in [-0.2, -0.15) is 0 Å². The maximum atomic E-state index is 13.5. The summed E-state index contributed by atoms with van der Waals surface area (Å²) in [7, 11) is 0. The van der Waals surface area contributed by atoms with E-state index in [0.717, 1.165) is 23.3 Å². The first-order chi connectivity index (χ1) is 16.1. The number of carbonyl (C=O) groups is 1. The first kappa shape index (κ1) is 21.3. The second kappa shape index (κ2) is 8.75. The van der Waals surface area contributed by atoms with Crippen LogP contribution in [0.5, 0.6) is 5.75 Å². The summed E-state index contributed by atoms with van der Waals surface area (Å²) in [6.45, 7) is 2.99. The van der Waals surface area contributed by atoms with E-state index in [2.05, 4.69) is 0 Å². The molecule has 0 bridgehead atoms. The van der Waals surface area contributed by atoms with Gasteiger partial charge in [0.15, 0.2) is 5.43 Å². The Balaban J connectivity index is 1.63. The fraction of sp³-hybridized carbons (Fsp3) is 0.185. The second-order valence-corrected chi connectivity index (χ2v) is 8.49. The Hall–Kier alpha value is -3.57. The quantitative estimate of drug-likeness (QED) is 0.356. The van der Waals surface area contributed by atoms with E-state index >= 15 is 0 Å². The minimum Gasteiger partial charge on any atom is -0.494 e. The summed E-state index contributed by atoms with van der Waals surface area (Å²) in [5.41, 5.74) is 2.32. The van der Waals surface area contributed by atoms with E-state index in [-0.39, 0.29) is 17.1 Å². The summed E-state index contributed by atoms with van der Waals surface area (Å²) in [4.78, 5) is 28.7. The summed E-state index contributed by atoms with van der Waals surface area (Å²) in [6, 6.07) is 21.3. The SMILES string of the molecule is CCCOc1ccc(C2c3c(oc4ccccc4c3=O)C(=O)N2Cc2ccc(Cl)cc2)cc1. The van der Waals surface area contributed by atoms with Crippen molar-refractivity contribution in [1.82, 2.24) is 4.90 Å². The van der Waals surface area contributed by atoms with Gasteiger partial charge >= 0.3 is 0 Å². The third-order valence-electron chi connectivity index (χ3n) is 5.81. The maximum Gasteiger partial charge on any atom is 0.291 e. The van der Waals surface area contributed by atoms with Crippen molar-refractivity contribution in [3.8, 4) is 5.75 Å². The molecule has 1 aromatic heterocycles. The van der Waals surface area contributed by atoms with Crippen LogP contribution in [0.2, 0.25) is 5.02 Å². The highest BCUT2D eigenvalue weighted by Crippen LogP contribution is 2.39. The number of amides is 1. The fourth-order valence-electron chi connectivity index (χ4n) is 4.23. The van der Waals surface area contributed by atoms with Crippen LogP contribution in [0.3, 0.4) is 0 Å². The third kappa shape index (κ3) is 3.89. The van der Waals surface area contributed by atoms with E-state index in [1.807, 2.05) is 43.3 Å². The maximum absolute atomic E-state index is 13.5. The average molecular weight is 460 g/mol. The third-order valence-corrected chi connectivity index (χ3v) is 6.06. The monoisotopic (exact) mass is 459 g/mol. The smallest absolute Gasteiger partial charge is 0.291 e. The minimum atomic E-state index is -0.566. The van der Waals surface area contributed by atoms with E-state index < -0.39 is 6.04 Å². The van der Waals surface area contributed by atoms with Crippen molar-refractivity contribution in [2.45, 2.75) is 25.9 Å². The van der Waals surface area contributed by atoms with Gasteiger partial charge in [-0.15, -0.1) is 0 Å². The van der Waals surface area contributed by atoms with E-state index in [1.165, 1.54) is 0 Å². The van der Waals surface area contributed by atoms with Gasteiger partial charge in [-0.1, -0.05) is 54.9 Å². The van der Waals surface area contributed by atoms with Crippen LogP contribution in [0.4, 0.5) is 0 Å². The largest absolute Gasteiger partial charge is 0.494 e. The van der Waals surface area contributed by atoms with Crippen LogP contribution < -0.4 is 10.2 Å². The summed E-state index contributed by atoms with van der Waals surface area (Å²) < 4.78 is 11.7. The lowest BCUT2D eigenvalue weighted by Gasteiger charge is -2.25. The number of para-hydroxylation sites is 1. The van der Waals surface area contributed by atoms with Crippen LogP contribution >= 0.6 is 11.6 Å². The molecule has 166 valence electrons. The molecule has 6 heteroatoms. The van der Waals surface area contributed by atoms with Gasteiger partial charge in [0.25, 0.3) is 5.91 Å². The van der Waals surface area contributed by atoms with Gasteiger partial charge in [0, 0.05) is 11.6 Å². The molecule has 2 heterocycles. The van der Waals surface area contributed by atoms with Crippen LogP contribution in [0.15, 0.2) is 82.0 Å². The van der Waals surface area contributed by atoms with Crippen molar-refractivity contribution in [2.24, 2.45) is 0 Å². The first-order valence-electron chi connectivity index (χ1n) is 10.9. The zero-order valence-electron chi connectivity index (χ0n) is 18.1. The minimum absolute atomic E-state index is 0.101. The molecule has 0 radical (unpaired) electrons. The average Bonchev–Trinajstić information content (AvgIpc) is 3.11. The molecule has 33 heavy (non-hydrogen) atoms. The number of ether oxygens (including phenoxy) is 1. The zero-order chi connectivity index (χ0) is 22.9. The molecule has 1 atom stereocenters. The van der Waals surface area contributed by atoms with E-state index in [1.54, 1.807) is 41.3 Å². The predicted octanol–water partition coefficient (Wildman–Crippen LogP) is 5.98. The van der Waals surface area contributed by atoms with Gasteiger partial charge in [0.05, 0.1) is 23.6 Å². The Morgan fingerprint density at radius 2 is 1.70 bits per heavy atom. The Labute approximate surface area is 196 Å². The van der Waals surface area contributed by atoms with Gasteiger partial charge < -0.3 is 14.1 Å². The van der Waals surface area contributed by atoms with E-state index in [0.29, 0.717) is 34.7 Å². The predicted molar refractivity (Wildman–Crippen MR) is 128 cm³/mol. The molecule has 0 spiro atoms. The normalized spacial score (nSPS) is 15.2. The lowest BCUT2D eigenvalue weighted by Crippen LogP contribution is -2.29. The van der Waals surface area contributed by atoms with Gasteiger partial charge in [0.2, 0.25) is 5.76 Å². The van der Waals surface area contributed by atoms with Crippen LogP contribution in [-0.4, -0.2) is 17.4 Å². The Morgan fingerprint density at radius 3 is 2.42 bits per heavy atom. The Bertz CT molecular complexity index is 1380. The number of halogens is 1. The topological polar surface area (TPSA) is 59.8 Å². The van der Waals surface area contributed by atoms with Gasteiger partial charge in [0.1, 0.15) is 11.3 Å². The molecular weight excluding hydrogens is 438 g/mol. The van der Waals surface area contributed by atoms with Crippen LogP contribution in [0, 0.1) is 0 Å². The van der Waals surface area contributed by atoms with Crippen molar-refractivity contribution >= 4 is 28.5 Å². The van der Waals surface area contributed by atoms with E-state index in [4.69, 9.17) is 20.8 Å². The number of hydrogen-bond donors (Lipinski definition) is 0. The number of hydrogen-bond acceptors (Lipinski definition) is 4. The van der Waals surface area contributed by atoms with Crippen LogP contribution in [-0.2, 0) is 6.54 Å². The highest BCUT2D eigenvalue weighted by atomic mass is 35.5. The van der Waals surface area contributed by atoms with Gasteiger partial charge in [-0.05, 0) is 53.9 Å². The molecule has 0 saturated carbocycles. The Kier molecular flexibility index (Phi) is 5.65. The first-order valence-corrected chi connectivity index (χ1v) is 11.3. The molecule has 1 unspecified atom stereocenters. The van der Waals surface area contributed by atoms with Gasteiger partial charge in [-0.3, -0.25) is 9.59 Å². The second-order valence-electron chi connectivity index (χ2n) is 8.05. The number of rotatable bonds is 6. The molecule has 5 nitrogen and oxygen atoms in total. The molecule has 0 N–H and O–H groups in total. The van der Waals surface area contributed by atoms with Crippen molar-refractivity contribution in [3.05, 3.63) is 110 Å². The van der Waals surface area contributed by atoms with Gasteiger partial charge in [-0.25, -0.2) is 0 Å². The molecule has 4 aromatic rings. The summed E-state index contributed by atoms with van der Waals surface area (Å²) in [5, 5.41) is 1.09. The molecule has 1 amide bonds. The summed E-state index contributed by atoms with van der Waals surface area (Å²) in [5.74, 6) is 0.544. The lowest BCUT2D eigenvalue weighted by molar-refractivity contribution is 0.0714. The van der Waals surface area contributed by atoms with Crippen molar-refractivity contribution < 1.29 is 13.9 Å². The standard InChI is InChI=1S/C27H22ClNO4/c1-2-15-32-20-13-9-18(10-14-20)24-23-25(30)21-5-3-4-6-22(21)33-26(23)27(31)29(24)16-17-7-11-19(28)12-8-17/h3-14,24H,2,15-16H2,1H3. The number of benzene rings is 3. The molecule has 3 aromatic carbocycles. The fourth-order valence-corrected chi connectivity index (χ4v) is 4.36. The van der Waals surface area contributed by atoms with Crippen molar-refractivity contribution in [3.63, 3.8) is 0 Å². The summed E-state index contributed by atoms with van der Waals surface area (Å²) in [6.07, 6.45) is 0.912. The summed E-state index contributed by atoms with van der Waals surface area (Å²) >= 11 is 6.04. The highest BCUT2D eigenvalue weighted by Gasteiger charge is 2.42. The molecular formula is C27H22ClNO4. The zero-order valence-corrected chi connectivity index (χ0v) is 18.8. The molecule has 1 aliphatic heterocycles. The molecule has 0 aliphatic carbocycles. The Morgan fingerprint density at radius 1 is 0.970 bits per heavy atom. The van der Waals surface area contributed by atoms with Crippen LogP contribution in [0.1, 0.15) is 46.6 Å². The number of carbonyl (C=O) groups excluding carboxylic acids is 1. The lowest BCUT2D eigenvalue weighted by atomic mass is 9.98. The van der Waals surface area contributed by atoms with Crippen LogP contribution in [0.25, 0.3) is 11.0 Å². The molecule has 0 saturated heterocycles. The molecule has 5 rings (SSSR count).